The molecule has 1 aliphatic carbocycles. The Hall–Kier alpha value is -0.990. The van der Waals surface area contributed by atoms with Gasteiger partial charge in [0.15, 0.2) is 0 Å². The fraction of sp³-hybridized carbons (Fsp3) is 0.833. The third-order valence-corrected chi connectivity index (χ3v) is 5.43. The van der Waals surface area contributed by atoms with Crippen LogP contribution in [0.3, 0.4) is 0 Å². The fourth-order valence-corrected chi connectivity index (χ4v) is 3.98. The highest BCUT2D eigenvalue weighted by molar-refractivity contribution is 7.53. The van der Waals surface area contributed by atoms with E-state index in [9.17, 15) is 14.2 Å². The Morgan fingerprint density at radius 2 is 1.73 bits per heavy atom. The number of hydrogen-bond acceptors (Lipinski definition) is 7. The average molecular weight is 336 g/mol. The van der Waals surface area contributed by atoms with Gasteiger partial charge in [-0.15, -0.1) is 9.35 Å². The molecule has 2 rings (SSSR count). The second-order valence-corrected chi connectivity index (χ2v) is 7.31. The van der Waals surface area contributed by atoms with Crippen LogP contribution in [0.4, 0.5) is 4.79 Å². The predicted octanol–water partition coefficient (Wildman–Crippen LogP) is 1.59. The van der Waals surface area contributed by atoms with Crippen LogP contribution in [-0.4, -0.2) is 49.3 Å². The van der Waals surface area contributed by atoms with E-state index in [0.29, 0.717) is 12.8 Å². The van der Waals surface area contributed by atoms with Gasteiger partial charge in [0.1, 0.15) is 5.54 Å². The molecule has 0 unspecified atom stereocenters. The molecule has 1 N–H and O–H groups in total. The average Bonchev–Trinajstić information content (AvgIpc) is 2.69. The Labute approximate surface area is 128 Å². The van der Waals surface area contributed by atoms with E-state index in [0.717, 1.165) is 24.2 Å². The Bertz CT molecular complexity index is 468. The molecule has 126 valence electrons. The minimum absolute atomic E-state index is 0.101. The molecular formula is C12H21N2O7P. The molecule has 2 aliphatic rings. The number of imide groups is 1. The largest absolute Gasteiger partial charge is 0.386 e. The maximum Gasteiger partial charge on any atom is 0.386 e. The summed E-state index contributed by atoms with van der Waals surface area (Å²) in [5.74, 6) is -0.279. The van der Waals surface area contributed by atoms with Crippen LogP contribution in [0.1, 0.15) is 32.1 Å². The number of carbonyl (C=O) groups is 2. The van der Waals surface area contributed by atoms with Crippen LogP contribution >= 0.6 is 7.60 Å². The van der Waals surface area contributed by atoms with Gasteiger partial charge in [-0.05, 0) is 12.8 Å². The summed E-state index contributed by atoms with van der Waals surface area (Å²) < 4.78 is 21.3. The summed E-state index contributed by atoms with van der Waals surface area (Å²) in [6, 6.07) is -0.478. The standard InChI is InChI=1S/C12H21N2O7P/c1-18-20-22(17,21-19-2)9-8-14-10(15)12(13-11(14)16)6-4-3-5-7-12/h3-9H2,1-2H3,(H,13,16). The van der Waals surface area contributed by atoms with Crippen LogP contribution in [0.15, 0.2) is 0 Å². The molecule has 0 radical (unpaired) electrons. The van der Waals surface area contributed by atoms with Crippen molar-refractivity contribution in [3.05, 3.63) is 0 Å². The second kappa shape index (κ2) is 7.06. The number of hydrogen-bond donors (Lipinski definition) is 1. The molecule has 0 aromatic heterocycles. The zero-order valence-electron chi connectivity index (χ0n) is 12.7. The topological polar surface area (TPSA) is 103 Å². The molecule has 1 spiro atoms. The monoisotopic (exact) mass is 336 g/mol. The van der Waals surface area contributed by atoms with Gasteiger partial charge in [0, 0.05) is 6.54 Å². The number of urea groups is 1. The lowest BCUT2D eigenvalue weighted by atomic mass is 9.82. The number of carbonyl (C=O) groups excluding carboxylic acids is 2. The predicted molar refractivity (Wildman–Crippen MR) is 74.7 cm³/mol. The van der Waals surface area contributed by atoms with Gasteiger partial charge in [-0.25, -0.2) is 14.6 Å². The lowest BCUT2D eigenvalue weighted by Crippen LogP contribution is -2.48. The summed E-state index contributed by atoms with van der Waals surface area (Å²) in [7, 11) is -1.34. The highest BCUT2D eigenvalue weighted by atomic mass is 31.2. The molecule has 2 fully saturated rings. The van der Waals surface area contributed by atoms with E-state index in [4.69, 9.17) is 0 Å². The first kappa shape index (κ1) is 17.4. The van der Waals surface area contributed by atoms with Crippen molar-refractivity contribution in [1.82, 2.24) is 10.2 Å². The highest BCUT2D eigenvalue weighted by Gasteiger charge is 2.51. The van der Waals surface area contributed by atoms with E-state index in [2.05, 4.69) is 24.4 Å². The number of rotatable bonds is 7. The number of amides is 3. The van der Waals surface area contributed by atoms with Crippen molar-refractivity contribution in [2.24, 2.45) is 0 Å². The third kappa shape index (κ3) is 3.49. The molecule has 0 atom stereocenters. The van der Waals surface area contributed by atoms with Crippen molar-refractivity contribution in [3.63, 3.8) is 0 Å². The minimum Gasteiger partial charge on any atom is -0.323 e. The quantitative estimate of drug-likeness (QED) is 0.326. The van der Waals surface area contributed by atoms with E-state index in [1.165, 1.54) is 14.2 Å². The van der Waals surface area contributed by atoms with Gasteiger partial charge < -0.3 is 5.32 Å². The summed E-state index contributed by atoms with van der Waals surface area (Å²) in [6.07, 6.45) is 3.91. The van der Waals surface area contributed by atoms with Crippen LogP contribution in [0.2, 0.25) is 0 Å². The zero-order chi connectivity index (χ0) is 16.2. The first-order chi connectivity index (χ1) is 10.5. The van der Waals surface area contributed by atoms with Gasteiger partial charge >= 0.3 is 13.6 Å². The van der Waals surface area contributed by atoms with Crippen LogP contribution < -0.4 is 5.32 Å². The summed E-state index contributed by atoms with van der Waals surface area (Å²) >= 11 is 0. The second-order valence-electron chi connectivity index (χ2n) is 5.35. The molecule has 1 saturated carbocycles. The van der Waals surface area contributed by atoms with Crippen LogP contribution in [0, 0.1) is 0 Å². The molecule has 3 amide bonds. The van der Waals surface area contributed by atoms with Gasteiger partial charge in [0.25, 0.3) is 5.91 Å². The van der Waals surface area contributed by atoms with Crippen molar-refractivity contribution in [3.8, 4) is 0 Å². The van der Waals surface area contributed by atoms with Crippen molar-refractivity contribution in [2.45, 2.75) is 37.6 Å². The normalized spacial score (nSPS) is 21.5. The Balaban J connectivity index is 2.02. The molecular weight excluding hydrogens is 315 g/mol. The molecule has 1 saturated heterocycles. The van der Waals surface area contributed by atoms with E-state index >= 15 is 0 Å². The maximum absolute atomic E-state index is 12.5. The maximum atomic E-state index is 12.5. The molecule has 0 bridgehead atoms. The molecule has 22 heavy (non-hydrogen) atoms. The van der Waals surface area contributed by atoms with Gasteiger partial charge in [-0.1, -0.05) is 19.3 Å². The number of nitrogens with zero attached hydrogens (tertiary/aromatic N) is 1. The molecule has 1 heterocycles. The van der Waals surface area contributed by atoms with E-state index in [1.807, 2.05) is 0 Å². The highest BCUT2D eigenvalue weighted by Crippen LogP contribution is 2.48. The van der Waals surface area contributed by atoms with Crippen molar-refractivity contribution < 1.29 is 33.3 Å². The van der Waals surface area contributed by atoms with Crippen molar-refractivity contribution in [2.75, 3.05) is 26.9 Å². The first-order valence-electron chi connectivity index (χ1n) is 7.14. The van der Waals surface area contributed by atoms with Crippen LogP contribution in [0.5, 0.6) is 0 Å². The minimum atomic E-state index is -3.69. The molecule has 10 heteroatoms. The summed E-state index contributed by atoms with van der Waals surface area (Å²) in [6.45, 7) is -0.101. The van der Waals surface area contributed by atoms with Gasteiger partial charge in [-0.3, -0.25) is 14.3 Å². The summed E-state index contributed by atoms with van der Waals surface area (Å²) in [5, 5.41) is 2.77. The van der Waals surface area contributed by atoms with E-state index in [1.54, 1.807) is 0 Å². The molecule has 0 aromatic carbocycles. The van der Waals surface area contributed by atoms with Crippen LogP contribution in [0.25, 0.3) is 0 Å². The third-order valence-electron chi connectivity index (χ3n) is 3.93. The smallest absolute Gasteiger partial charge is 0.323 e. The Kier molecular flexibility index (Phi) is 5.57. The van der Waals surface area contributed by atoms with Crippen molar-refractivity contribution in [1.29, 1.82) is 0 Å². The summed E-state index contributed by atoms with van der Waals surface area (Å²) in [5.41, 5.74) is -0.802. The fourth-order valence-electron chi connectivity index (χ4n) is 2.91. The molecule has 9 nitrogen and oxygen atoms in total. The first-order valence-corrected chi connectivity index (χ1v) is 8.87. The van der Waals surface area contributed by atoms with Gasteiger partial charge in [0.2, 0.25) is 0 Å². The number of nitrogens with one attached hydrogen (secondary N) is 1. The Morgan fingerprint density at radius 3 is 2.27 bits per heavy atom. The zero-order valence-corrected chi connectivity index (χ0v) is 13.6. The van der Waals surface area contributed by atoms with E-state index < -0.39 is 19.2 Å². The van der Waals surface area contributed by atoms with E-state index in [-0.39, 0.29) is 18.6 Å². The lowest BCUT2D eigenvalue weighted by molar-refractivity contribution is -0.242. The molecule has 1 aliphatic heterocycles. The van der Waals surface area contributed by atoms with Crippen LogP contribution in [-0.2, 0) is 28.5 Å². The van der Waals surface area contributed by atoms with Gasteiger partial charge in [-0.2, -0.15) is 0 Å². The molecule has 0 aromatic rings. The SMILES string of the molecule is COOP(=O)(CCN1C(=O)NC2(CCCCC2)C1=O)OOC. The summed E-state index contributed by atoms with van der Waals surface area (Å²) in [4.78, 5) is 34.4. The van der Waals surface area contributed by atoms with Gasteiger partial charge in [0.05, 0.1) is 20.4 Å². The Morgan fingerprint density at radius 1 is 1.14 bits per heavy atom. The lowest BCUT2D eigenvalue weighted by Gasteiger charge is -2.30. The van der Waals surface area contributed by atoms with Crippen molar-refractivity contribution >= 4 is 19.5 Å².